The molecule has 1 rings (SSSR count). The summed E-state index contributed by atoms with van der Waals surface area (Å²) >= 11 is 0. The molecule has 0 bridgehead atoms. The molecule has 1 radical (unpaired) electrons. The number of alkyl halides is 1. The van der Waals surface area contributed by atoms with Gasteiger partial charge in [-0.05, 0) is 25.3 Å². The van der Waals surface area contributed by atoms with Gasteiger partial charge in [0.05, 0.1) is 6.67 Å². The van der Waals surface area contributed by atoms with Crippen molar-refractivity contribution in [3.05, 3.63) is 12.2 Å². The van der Waals surface area contributed by atoms with Gasteiger partial charge in [0.25, 0.3) is 0 Å². The molecule has 0 aromatic carbocycles. The van der Waals surface area contributed by atoms with Gasteiger partial charge in [0.2, 0.25) is 0 Å². The van der Waals surface area contributed by atoms with Crippen molar-refractivity contribution in [3.8, 4) is 0 Å². The number of hydrogen-bond acceptors (Lipinski definition) is 0. The first kappa shape index (κ1) is 5.80. The van der Waals surface area contributed by atoms with Gasteiger partial charge in [-0.1, -0.05) is 6.08 Å². The molecule has 0 aromatic heterocycles. The van der Waals surface area contributed by atoms with E-state index in [1.54, 1.807) is 0 Å². The van der Waals surface area contributed by atoms with E-state index in [0.717, 1.165) is 19.3 Å². The molecule has 45 valence electrons. The summed E-state index contributed by atoms with van der Waals surface area (Å²) in [5, 5.41) is 0. The fourth-order valence-electron chi connectivity index (χ4n) is 0.921. The molecule has 0 fully saturated rings. The minimum Gasteiger partial charge on any atom is -0.250 e. The second kappa shape index (κ2) is 2.85. The van der Waals surface area contributed by atoms with Crippen LogP contribution >= 0.6 is 0 Å². The molecule has 0 spiro atoms. The van der Waals surface area contributed by atoms with Gasteiger partial charge < -0.3 is 0 Å². The molecule has 1 unspecified atom stereocenters. The maximum absolute atomic E-state index is 11.8. The van der Waals surface area contributed by atoms with Crippen LogP contribution < -0.4 is 0 Å². The van der Waals surface area contributed by atoms with E-state index in [0.29, 0.717) is 0 Å². The predicted octanol–water partition coefficient (Wildman–Crippen LogP) is 2.12. The van der Waals surface area contributed by atoms with Crippen molar-refractivity contribution in [1.29, 1.82) is 0 Å². The molecular weight excluding hydrogens is 103 g/mol. The van der Waals surface area contributed by atoms with E-state index in [2.05, 4.69) is 6.08 Å². The van der Waals surface area contributed by atoms with Crippen LogP contribution in [0, 0.1) is 12.0 Å². The van der Waals surface area contributed by atoms with Crippen LogP contribution in [0.1, 0.15) is 19.3 Å². The summed E-state index contributed by atoms with van der Waals surface area (Å²) in [5.74, 6) is 0.184. The Hall–Kier alpha value is -0.330. The Labute approximate surface area is 49.4 Å². The van der Waals surface area contributed by atoms with Crippen LogP contribution in [0.25, 0.3) is 0 Å². The van der Waals surface area contributed by atoms with Crippen LogP contribution in [0.4, 0.5) is 4.39 Å². The van der Waals surface area contributed by atoms with E-state index in [-0.39, 0.29) is 12.6 Å². The summed E-state index contributed by atoms with van der Waals surface area (Å²) in [5.41, 5.74) is 0. The van der Waals surface area contributed by atoms with Crippen LogP contribution in [0.2, 0.25) is 0 Å². The van der Waals surface area contributed by atoms with Crippen LogP contribution in [0.15, 0.2) is 6.08 Å². The van der Waals surface area contributed by atoms with E-state index in [9.17, 15) is 4.39 Å². The zero-order valence-corrected chi connectivity index (χ0v) is 4.86. The maximum Gasteiger partial charge on any atom is 0.0957 e. The van der Waals surface area contributed by atoms with Gasteiger partial charge in [0.1, 0.15) is 0 Å². The van der Waals surface area contributed by atoms with Crippen LogP contribution in [-0.2, 0) is 0 Å². The summed E-state index contributed by atoms with van der Waals surface area (Å²) < 4.78 is 11.8. The zero-order chi connectivity index (χ0) is 5.82. The highest BCUT2D eigenvalue weighted by molar-refractivity contribution is 4.86. The third-order valence-corrected chi connectivity index (χ3v) is 1.45. The van der Waals surface area contributed by atoms with E-state index in [4.69, 9.17) is 0 Å². The minimum absolute atomic E-state index is 0.184. The lowest BCUT2D eigenvalue weighted by Gasteiger charge is -2.10. The molecule has 1 aliphatic rings. The molecule has 0 saturated carbocycles. The highest BCUT2D eigenvalue weighted by Gasteiger charge is 2.06. The largest absolute Gasteiger partial charge is 0.250 e. The van der Waals surface area contributed by atoms with Crippen molar-refractivity contribution in [3.63, 3.8) is 0 Å². The molecule has 0 heterocycles. The minimum atomic E-state index is -0.201. The Morgan fingerprint density at radius 3 is 3.00 bits per heavy atom. The molecule has 8 heavy (non-hydrogen) atoms. The van der Waals surface area contributed by atoms with E-state index in [1.165, 1.54) is 0 Å². The molecule has 0 aromatic rings. The van der Waals surface area contributed by atoms with Gasteiger partial charge in [-0.3, -0.25) is 4.39 Å². The van der Waals surface area contributed by atoms with Crippen LogP contribution in [-0.4, -0.2) is 6.67 Å². The molecule has 0 saturated heterocycles. The summed E-state index contributed by atoms with van der Waals surface area (Å²) in [6.45, 7) is -0.201. The Morgan fingerprint density at radius 1 is 1.75 bits per heavy atom. The van der Waals surface area contributed by atoms with Gasteiger partial charge in [-0.2, -0.15) is 0 Å². The van der Waals surface area contributed by atoms with Crippen molar-refractivity contribution < 1.29 is 4.39 Å². The Balaban J connectivity index is 2.32. The SMILES string of the molecule is FCC1C=[C]CCC1. The number of allylic oxidation sites excluding steroid dienone is 2. The summed E-state index contributed by atoms with van der Waals surface area (Å²) in [4.78, 5) is 0. The summed E-state index contributed by atoms with van der Waals surface area (Å²) in [6, 6.07) is 0. The lowest BCUT2D eigenvalue weighted by Crippen LogP contribution is -2.01. The van der Waals surface area contributed by atoms with Crippen LogP contribution in [0.5, 0.6) is 0 Å². The van der Waals surface area contributed by atoms with Gasteiger partial charge >= 0.3 is 0 Å². The monoisotopic (exact) mass is 113 g/mol. The van der Waals surface area contributed by atoms with Crippen LogP contribution in [0.3, 0.4) is 0 Å². The normalized spacial score (nSPS) is 28.4. The molecule has 0 aliphatic heterocycles. The van der Waals surface area contributed by atoms with Crippen molar-refractivity contribution in [2.24, 2.45) is 5.92 Å². The molecule has 0 nitrogen and oxygen atoms in total. The lowest BCUT2D eigenvalue weighted by molar-refractivity contribution is 0.379. The maximum atomic E-state index is 11.8. The van der Waals surface area contributed by atoms with Gasteiger partial charge in [0, 0.05) is 5.92 Å². The Kier molecular flexibility index (Phi) is 2.07. The fourth-order valence-corrected chi connectivity index (χ4v) is 0.921. The molecule has 0 N–H and O–H groups in total. The summed E-state index contributed by atoms with van der Waals surface area (Å²) in [6.07, 6.45) is 8.04. The first-order valence-corrected chi connectivity index (χ1v) is 3.06. The second-order valence-electron chi connectivity index (χ2n) is 2.18. The topological polar surface area (TPSA) is 0 Å². The molecule has 1 atom stereocenters. The standard InChI is InChI=1S/C7H10F/c8-6-7-4-2-1-3-5-7/h5,7H,1-2,4,6H2. The zero-order valence-electron chi connectivity index (χ0n) is 4.86. The Bertz CT molecular complexity index is 86.4. The quantitative estimate of drug-likeness (QED) is 0.488. The first-order valence-electron chi connectivity index (χ1n) is 3.06. The van der Waals surface area contributed by atoms with Crippen molar-refractivity contribution >= 4 is 0 Å². The number of rotatable bonds is 1. The van der Waals surface area contributed by atoms with Crippen molar-refractivity contribution in [1.82, 2.24) is 0 Å². The Morgan fingerprint density at radius 2 is 2.62 bits per heavy atom. The van der Waals surface area contributed by atoms with Crippen molar-refractivity contribution in [2.75, 3.05) is 6.67 Å². The van der Waals surface area contributed by atoms with Crippen molar-refractivity contribution in [2.45, 2.75) is 19.3 Å². The molecule has 1 aliphatic carbocycles. The highest BCUT2D eigenvalue weighted by atomic mass is 19.1. The first-order chi connectivity index (χ1) is 3.93. The molecule has 0 amide bonds. The third-order valence-electron chi connectivity index (χ3n) is 1.45. The lowest BCUT2D eigenvalue weighted by atomic mass is 9.97. The number of halogens is 1. The predicted molar refractivity (Wildman–Crippen MR) is 31.1 cm³/mol. The van der Waals surface area contributed by atoms with E-state index < -0.39 is 0 Å². The third kappa shape index (κ3) is 1.32. The molecular formula is C7H10F. The fraction of sp³-hybridized carbons (Fsp3) is 0.714. The average molecular weight is 113 g/mol. The second-order valence-corrected chi connectivity index (χ2v) is 2.18. The van der Waals surface area contributed by atoms with Gasteiger partial charge in [-0.25, -0.2) is 0 Å². The highest BCUT2D eigenvalue weighted by Crippen LogP contribution is 2.15. The molecule has 1 heteroatoms. The van der Waals surface area contributed by atoms with Gasteiger partial charge in [0.15, 0.2) is 0 Å². The number of hydrogen-bond donors (Lipinski definition) is 0. The van der Waals surface area contributed by atoms with Gasteiger partial charge in [-0.15, -0.1) is 0 Å². The smallest absolute Gasteiger partial charge is 0.0957 e. The average Bonchev–Trinajstić information content (AvgIpc) is 1.90. The van der Waals surface area contributed by atoms with E-state index in [1.807, 2.05) is 6.08 Å². The summed E-state index contributed by atoms with van der Waals surface area (Å²) in [7, 11) is 0. The van der Waals surface area contributed by atoms with E-state index >= 15 is 0 Å².